The van der Waals surface area contributed by atoms with Gasteiger partial charge in [-0.15, -0.1) is 0 Å². The van der Waals surface area contributed by atoms with E-state index in [2.05, 4.69) is 15.5 Å². The number of ether oxygens (including phenoxy) is 2. The van der Waals surface area contributed by atoms with Crippen LogP contribution in [0.15, 0.2) is 34.9 Å². The molecule has 0 bridgehead atoms. The van der Waals surface area contributed by atoms with Crippen molar-refractivity contribution in [2.24, 2.45) is 0 Å². The molecule has 0 saturated carbocycles. The highest BCUT2D eigenvalue weighted by Crippen LogP contribution is 2.44. The molecular weight excluding hydrogens is 342 g/mol. The van der Waals surface area contributed by atoms with Crippen molar-refractivity contribution in [3.8, 4) is 0 Å². The van der Waals surface area contributed by atoms with Crippen LogP contribution in [0.2, 0.25) is 0 Å². The molecule has 0 radical (unpaired) electrons. The Morgan fingerprint density at radius 2 is 2.04 bits per heavy atom. The fraction of sp³-hybridized carbons (Fsp3) is 0.412. The van der Waals surface area contributed by atoms with Crippen molar-refractivity contribution in [2.45, 2.75) is 24.2 Å². The molecule has 25 heavy (non-hydrogen) atoms. The van der Waals surface area contributed by atoms with Crippen molar-refractivity contribution in [3.05, 3.63) is 30.0 Å². The molecule has 1 atom stereocenters. The monoisotopic (exact) mass is 363 g/mol. The van der Waals surface area contributed by atoms with Gasteiger partial charge in [0.25, 0.3) is 0 Å². The first kappa shape index (κ1) is 17.6. The van der Waals surface area contributed by atoms with E-state index in [1.54, 1.807) is 25.6 Å². The third-order valence-electron chi connectivity index (χ3n) is 3.84. The Labute approximate surface area is 150 Å². The highest BCUT2D eigenvalue weighted by Gasteiger charge is 2.33. The van der Waals surface area contributed by atoms with E-state index in [4.69, 9.17) is 9.47 Å². The molecule has 2 N–H and O–H groups in total. The normalized spacial score (nSPS) is 17.5. The number of benzene rings is 1. The molecule has 7 nitrogen and oxygen atoms in total. The minimum absolute atomic E-state index is 0.153. The molecule has 2 aliphatic heterocycles. The van der Waals surface area contributed by atoms with Gasteiger partial charge in [-0.05, 0) is 32.0 Å². The quantitative estimate of drug-likeness (QED) is 0.343. The van der Waals surface area contributed by atoms with Gasteiger partial charge in [0.15, 0.2) is 5.57 Å². The molecule has 1 unspecified atom stereocenters. The van der Waals surface area contributed by atoms with Crippen LogP contribution in [0.1, 0.15) is 13.8 Å². The average Bonchev–Trinajstić information content (AvgIpc) is 3.16. The maximum absolute atomic E-state index is 12.0. The van der Waals surface area contributed by atoms with Crippen molar-refractivity contribution in [1.29, 1.82) is 0 Å². The molecule has 2 aliphatic rings. The molecule has 0 spiro atoms. The molecule has 134 valence electrons. The lowest BCUT2D eigenvalue weighted by Crippen LogP contribution is -2.28. The zero-order valence-electron chi connectivity index (χ0n) is 14.2. The summed E-state index contributed by atoms with van der Waals surface area (Å²) in [6, 6.07) is 5.96. The van der Waals surface area contributed by atoms with Crippen LogP contribution < -0.4 is 15.5 Å². The number of esters is 2. The number of nitrogens with one attached hydrogen (secondary N) is 2. The zero-order valence-corrected chi connectivity index (χ0v) is 15.0. The summed E-state index contributed by atoms with van der Waals surface area (Å²) in [6.07, 6.45) is 1.35. The molecular formula is C17H21N3O4S. The third-order valence-corrected chi connectivity index (χ3v) is 5.08. The fourth-order valence-electron chi connectivity index (χ4n) is 2.71. The van der Waals surface area contributed by atoms with Crippen molar-refractivity contribution < 1.29 is 19.1 Å². The molecule has 1 aromatic carbocycles. The summed E-state index contributed by atoms with van der Waals surface area (Å²) in [5, 5.41) is 6.44. The van der Waals surface area contributed by atoms with Gasteiger partial charge in [-0.1, -0.05) is 11.8 Å². The Bertz CT molecular complexity index is 687. The van der Waals surface area contributed by atoms with Crippen LogP contribution in [-0.4, -0.2) is 43.7 Å². The highest BCUT2D eigenvalue weighted by atomic mass is 32.2. The van der Waals surface area contributed by atoms with E-state index in [1.807, 2.05) is 18.2 Å². The number of rotatable bonds is 6. The lowest BCUT2D eigenvalue weighted by Gasteiger charge is -2.17. The summed E-state index contributed by atoms with van der Waals surface area (Å²) >= 11 is 1.79. The standard InChI is InChI=1S/C17H21N3O4S/c1-3-23-15(21)12(16(22)24-4-2)10-19-11-5-6-14-13(9-11)20-8-7-18-17(20)25-14/h5-6,9-10,17-19H,3-4,7-8H2,1-2H3. The number of thioether (sulfide) groups is 1. The minimum atomic E-state index is -0.700. The van der Waals surface area contributed by atoms with Crippen molar-refractivity contribution in [2.75, 3.05) is 36.5 Å². The van der Waals surface area contributed by atoms with Crippen LogP contribution in [0.5, 0.6) is 0 Å². The number of hydrogen-bond acceptors (Lipinski definition) is 8. The van der Waals surface area contributed by atoms with Crippen LogP contribution in [0.3, 0.4) is 0 Å². The first-order chi connectivity index (χ1) is 12.1. The molecule has 8 heteroatoms. The lowest BCUT2D eigenvalue weighted by molar-refractivity contribution is -0.146. The largest absolute Gasteiger partial charge is 0.462 e. The summed E-state index contributed by atoms with van der Waals surface area (Å²) in [4.78, 5) is 27.4. The predicted molar refractivity (Wildman–Crippen MR) is 96.4 cm³/mol. The van der Waals surface area contributed by atoms with Crippen molar-refractivity contribution in [3.63, 3.8) is 0 Å². The fourth-order valence-corrected chi connectivity index (χ4v) is 3.95. The highest BCUT2D eigenvalue weighted by molar-refractivity contribution is 8.00. The van der Waals surface area contributed by atoms with Crippen LogP contribution in [0.4, 0.5) is 11.4 Å². The minimum Gasteiger partial charge on any atom is -0.462 e. The second-order valence-electron chi connectivity index (χ2n) is 5.44. The van der Waals surface area contributed by atoms with Crippen LogP contribution in [0.25, 0.3) is 0 Å². The number of carbonyl (C=O) groups excluding carboxylic acids is 2. The molecule has 3 rings (SSSR count). The SMILES string of the molecule is CCOC(=O)C(=CNc1ccc2c(c1)N1CCNC1S2)C(=O)OCC. The van der Waals surface area contributed by atoms with Gasteiger partial charge in [-0.3, -0.25) is 5.32 Å². The van der Waals surface area contributed by atoms with Gasteiger partial charge in [0.05, 0.1) is 18.9 Å². The topological polar surface area (TPSA) is 79.9 Å². The van der Waals surface area contributed by atoms with Gasteiger partial charge in [-0.2, -0.15) is 0 Å². The molecule has 1 fully saturated rings. The van der Waals surface area contributed by atoms with E-state index in [0.717, 1.165) is 24.5 Å². The van der Waals surface area contributed by atoms with Gasteiger partial charge >= 0.3 is 11.9 Å². The summed E-state index contributed by atoms with van der Waals surface area (Å²) in [7, 11) is 0. The Balaban J connectivity index is 1.78. The predicted octanol–water partition coefficient (Wildman–Crippen LogP) is 1.91. The van der Waals surface area contributed by atoms with Gasteiger partial charge in [0.2, 0.25) is 0 Å². The first-order valence-electron chi connectivity index (χ1n) is 8.25. The van der Waals surface area contributed by atoms with Gasteiger partial charge in [0.1, 0.15) is 5.50 Å². The van der Waals surface area contributed by atoms with Crippen molar-refractivity contribution in [1.82, 2.24) is 5.32 Å². The molecule has 2 heterocycles. The van der Waals surface area contributed by atoms with Crippen molar-refractivity contribution >= 4 is 35.1 Å². The van der Waals surface area contributed by atoms with E-state index in [1.165, 1.54) is 11.1 Å². The lowest BCUT2D eigenvalue weighted by atomic mass is 10.2. The third kappa shape index (κ3) is 3.74. The van der Waals surface area contributed by atoms with E-state index >= 15 is 0 Å². The Morgan fingerprint density at radius 3 is 2.72 bits per heavy atom. The Kier molecular flexibility index (Phi) is 5.50. The maximum atomic E-state index is 12.0. The number of anilines is 2. The summed E-state index contributed by atoms with van der Waals surface area (Å²) in [6.45, 7) is 5.68. The maximum Gasteiger partial charge on any atom is 0.347 e. The van der Waals surface area contributed by atoms with Gasteiger partial charge in [0, 0.05) is 29.9 Å². The number of nitrogens with zero attached hydrogens (tertiary/aromatic N) is 1. The second-order valence-corrected chi connectivity index (χ2v) is 6.57. The summed E-state index contributed by atoms with van der Waals surface area (Å²) < 4.78 is 9.85. The summed E-state index contributed by atoms with van der Waals surface area (Å²) in [5.41, 5.74) is 2.07. The second kappa shape index (κ2) is 7.79. The zero-order chi connectivity index (χ0) is 17.8. The van der Waals surface area contributed by atoms with E-state index in [0.29, 0.717) is 0 Å². The Hall–Kier alpha value is -2.19. The smallest absolute Gasteiger partial charge is 0.347 e. The first-order valence-corrected chi connectivity index (χ1v) is 9.13. The molecule has 0 aromatic heterocycles. The molecule has 1 saturated heterocycles. The van der Waals surface area contributed by atoms with Crippen LogP contribution >= 0.6 is 11.8 Å². The van der Waals surface area contributed by atoms with Gasteiger partial charge < -0.3 is 19.7 Å². The van der Waals surface area contributed by atoms with E-state index in [-0.39, 0.29) is 24.3 Å². The molecule has 0 aliphatic carbocycles. The number of carbonyl (C=O) groups is 2. The summed E-state index contributed by atoms with van der Waals surface area (Å²) in [5.74, 6) is -1.40. The average molecular weight is 363 g/mol. The number of fused-ring (bicyclic) bond motifs is 3. The van der Waals surface area contributed by atoms with Gasteiger partial charge in [-0.25, -0.2) is 9.59 Å². The molecule has 1 aromatic rings. The number of hydrogen-bond donors (Lipinski definition) is 2. The molecule has 0 amide bonds. The van der Waals surface area contributed by atoms with Crippen LogP contribution in [0, 0.1) is 0 Å². The van der Waals surface area contributed by atoms with E-state index < -0.39 is 11.9 Å². The Morgan fingerprint density at radius 1 is 1.32 bits per heavy atom. The van der Waals surface area contributed by atoms with Crippen LogP contribution in [-0.2, 0) is 19.1 Å². The van der Waals surface area contributed by atoms with E-state index in [9.17, 15) is 9.59 Å².